The van der Waals surface area contributed by atoms with Crippen LogP contribution in [0, 0.1) is 0 Å². The van der Waals surface area contributed by atoms with Gasteiger partial charge in [0.2, 0.25) is 9.84 Å². The molecule has 2 aliphatic rings. The van der Waals surface area contributed by atoms with E-state index in [9.17, 15) is 13.0 Å². The molecule has 1 unspecified atom stereocenters. The van der Waals surface area contributed by atoms with Crippen molar-refractivity contribution in [1.29, 1.82) is 0 Å². The van der Waals surface area contributed by atoms with E-state index >= 15 is 0 Å². The highest BCUT2D eigenvalue weighted by atomic mass is 32.2. The quantitative estimate of drug-likeness (QED) is 0.449. The second-order valence-corrected chi connectivity index (χ2v) is 10.2. The Morgan fingerprint density at radius 3 is 2.59 bits per heavy atom. The first kappa shape index (κ1) is 16.8. The first-order chi connectivity index (χ1) is 12.9. The summed E-state index contributed by atoms with van der Waals surface area (Å²) in [6.45, 7) is 4.18. The van der Waals surface area contributed by atoms with Crippen LogP contribution in [0.3, 0.4) is 0 Å². The van der Waals surface area contributed by atoms with E-state index in [1.807, 2.05) is 23.1 Å². The lowest BCUT2D eigenvalue weighted by Gasteiger charge is -2.37. The zero-order valence-electron chi connectivity index (χ0n) is 14.7. The summed E-state index contributed by atoms with van der Waals surface area (Å²) in [4.78, 5) is 7.75. The summed E-state index contributed by atoms with van der Waals surface area (Å²) < 4.78 is 39.5. The van der Waals surface area contributed by atoms with E-state index in [4.69, 9.17) is 0 Å². The molecule has 1 aromatic heterocycles. The molecule has 2 aliphatic heterocycles. The minimum atomic E-state index is -3.72. The maximum atomic E-state index is 13.2. The highest BCUT2D eigenvalue weighted by Crippen LogP contribution is 2.55. The van der Waals surface area contributed by atoms with Crippen LogP contribution in [0.4, 0.5) is 17.2 Å². The molecule has 3 aromatic rings. The van der Waals surface area contributed by atoms with Crippen molar-refractivity contribution in [3.05, 3.63) is 60.3 Å². The van der Waals surface area contributed by atoms with Crippen LogP contribution in [0.5, 0.6) is 0 Å². The van der Waals surface area contributed by atoms with Crippen molar-refractivity contribution in [2.75, 3.05) is 4.90 Å². The van der Waals surface area contributed by atoms with Crippen molar-refractivity contribution in [3.63, 3.8) is 0 Å². The molecule has 0 amide bonds. The van der Waals surface area contributed by atoms with Crippen LogP contribution in [0.2, 0.25) is 0 Å². The fourth-order valence-electron chi connectivity index (χ4n) is 3.65. The summed E-state index contributed by atoms with van der Waals surface area (Å²) >= 11 is -1.45. The Bertz CT molecular complexity index is 1210. The van der Waals surface area contributed by atoms with Crippen molar-refractivity contribution >= 4 is 38.2 Å². The number of pyridine rings is 1. The normalized spacial score (nSPS) is 18.7. The molecule has 3 heterocycles. The SMILES string of the molecule is CC(C)c1ccc2c(c1)N1c3ncccc3S(=O)(=O)c3cccc(c31)[S+]2[O-]. The molecule has 0 N–H and O–H groups in total. The molecule has 0 aliphatic carbocycles. The van der Waals surface area contributed by atoms with Gasteiger partial charge in [-0.15, -0.1) is 0 Å². The van der Waals surface area contributed by atoms with E-state index in [2.05, 4.69) is 18.8 Å². The maximum absolute atomic E-state index is 13.2. The average Bonchev–Trinajstić information content (AvgIpc) is 2.67. The largest absolute Gasteiger partial charge is 0.606 e. The maximum Gasteiger partial charge on any atom is 0.212 e. The van der Waals surface area contributed by atoms with E-state index in [0.717, 1.165) is 11.3 Å². The van der Waals surface area contributed by atoms with Gasteiger partial charge in [-0.05, 0) is 47.9 Å². The van der Waals surface area contributed by atoms with E-state index < -0.39 is 21.0 Å². The van der Waals surface area contributed by atoms with E-state index in [1.54, 1.807) is 36.5 Å². The minimum absolute atomic E-state index is 0.170. The fraction of sp³-hybridized carbons (Fsp3) is 0.150. The summed E-state index contributed by atoms with van der Waals surface area (Å²) in [5.41, 5.74) is 2.28. The molecule has 1 atom stereocenters. The predicted octanol–water partition coefficient (Wildman–Crippen LogP) is 4.30. The van der Waals surface area contributed by atoms with Crippen LogP contribution in [0.15, 0.2) is 74.3 Å². The molecule has 2 aromatic carbocycles. The van der Waals surface area contributed by atoms with Crippen molar-refractivity contribution < 1.29 is 13.0 Å². The predicted molar refractivity (Wildman–Crippen MR) is 103 cm³/mol. The number of anilines is 3. The number of hydrogen-bond donors (Lipinski definition) is 0. The van der Waals surface area contributed by atoms with E-state index in [0.29, 0.717) is 21.3 Å². The number of sulfone groups is 1. The fourth-order valence-corrected chi connectivity index (χ4v) is 6.66. The zero-order valence-corrected chi connectivity index (χ0v) is 16.3. The minimum Gasteiger partial charge on any atom is -0.606 e. The molecule has 5 rings (SSSR count). The molecule has 0 spiro atoms. The van der Waals surface area contributed by atoms with E-state index in [-0.39, 0.29) is 15.7 Å². The summed E-state index contributed by atoms with van der Waals surface area (Å²) in [6.07, 6.45) is 1.58. The third-order valence-corrected chi connectivity index (χ3v) is 8.30. The molecular formula is C20H16N2O3S2. The Morgan fingerprint density at radius 1 is 1.04 bits per heavy atom. The molecule has 0 bridgehead atoms. The van der Waals surface area contributed by atoms with E-state index in [1.165, 1.54) is 0 Å². The lowest BCUT2D eigenvalue weighted by atomic mass is 10.0. The summed E-state index contributed by atoms with van der Waals surface area (Å²) in [6, 6.07) is 14.0. The Balaban J connectivity index is 1.92. The third-order valence-electron chi connectivity index (χ3n) is 5.02. The lowest BCUT2D eigenvalue weighted by molar-refractivity contribution is 0.589. The Kier molecular flexibility index (Phi) is 3.47. The van der Waals surface area contributed by atoms with Gasteiger partial charge in [0.15, 0.2) is 15.6 Å². The molecule has 136 valence electrons. The monoisotopic (exact) mass is 396 g/mol. The number of benzene rings is 2. The second kappa shape index (κ2) is 5.58. The molecule has 0 saturated heterocycles. The van der Waals surface area contributed by atoms with Crippen LogP contribution in [0.25, 0.3) is 0 Å². The van der Waals surface area contributed by atoms with Gasteiger partial charge in [-0.2, -0.15) is 0 Å². The lowest BCUT2D eigenvalue weighted by Crippen LogP contribution is -2.29. The summed E-state index contributed by atoms with van der Waals surface area (Å²) in [5, 5.41) is 0. The van der Waals surface area contributed by atoms with Gasteiger partial charge in [-0.1, -0.05) is 26.0 Å². The molecule has 7 heteroatoms. The van der Waals surface area contributed by atoms with Gasteiger partial charge >= 0.3 is 0 Å². The van der Waals surface area contributed by atoms with Crippen molar-refractivity contribution in [2.45, 2.75) is 39.3 Å². The van der Waals surface area contributed by atoms with Crippen LogP contribution in [0.1, 0.15) is 25.3 Å². The van der Waals surface area contributed by atoms with Crippen LogP contribution >= 0.6 is 0 Å². The average molecular weight is 396 g/mol. The molecule has 0 saturated carbocycles. The van der Waals surface area contributed by atoms with Crippen LogP contribution in [-0.4, -0.2) is 18.0 Å². The number of fused-ring (bicyclic) bond motifs is 4. The summed E-state index contributed by atoms with van der Waals surface area (Å²) in [7, 11) is -3.72. The standard InChI is InChI=1S/C20H16N2O3S2/c1-12(2)13-8-9-15-14(11-13)22-19-16(26(15)23)5-3-6-17(19)27(24,25)18-7-4-10-21-20(18)22/h3-12H,1-2H3. The van der Waals surface area contributed by atoms with Gasteiger partial charge in [0.05, 0.1) is 0 Å². The number of aromatic nitrogens is 1. The van der Waals surface area contributed by atoms with Crippen molar-refractivity contribution in [1.82, 2.24) is 4.98 Å². The Labute approximate surface area is 160 Å². The first-order valence-electron chi connectivity index (χ1n) is 8.60. The topological polar surface area (TPSA) is 73.3 Å². The number of hydrogen-bond acceptors (Lipinski definition) is 5. The number of nitrogens with zero attached hydrogens (tertiary/aromatic N) is 2. The zero-order chi connectivity index (χ0) is 18.9. The van der Waals surface area contributed by atoms with Gasteiger partial charge in [-0.3, -0.25) is 4.90 Å². The highest BCUT2D eigenvalue weighted by molar-refractivity contribution is 7.93. The summed E-state index contributed by atoms with van der Waals surface area (Å²) in [5.74, 6) is 0.647. The Morgan fingerprint density at radius 2 is 1.81 bits per heavy atom. The number of para-hydroxylation sites is 1. The van der Waals surface area contributed by atoms with Crippen molar-refractivity contribution in [2.24, 2.45) is 0 Å². The van der Waals surface area contributed by atoms with Gasteiger partial charge < -0.3 is 4.55 Å². The van der Waals surface area contributed by atoms with Crippen LogP contribution in [-0.2, 0) is 21.0 Å². The first-order valence-corrected chi connectivity index (χ1v) is 11.2. The molecule has 0 radical (unpaired) electrons. The van der Waals surface area contributed by atoms with Gasteiger partial charge in [-0.25, -0.2) is 13.4 Å². The highest BCUT2D eigenvalue weighted by Gasteiger charge is 2.45. The number of rotatable bonds is 1. The van der Waals surface area contributed by atoms with Gasteiger partial charge in [0, 0.05) is 17.4 Å². The molecular weight excluding hydrogens is 380 g/mol. The van der Waals surface area contributed by atoms with Crippen LogP contribution < -0.4 is 4.90 Å². The molecule has 0 fully saturated rings. The molecule has 5 nitrogen and oxygen atoms in total. The Hall–Kier alpha value is -2.35. The third kappa shape index (κ3) is 2.16. The van der Waals surface area contributed by atoms with Gasteiger partial charge in [0.1, 0.15) is 21.2 Å². The molecule has 27 heavy (non-hydrogen) atoms. The smallest absolute Gasteiger partial charge is 0.212 e. The van der Waals surface area contributed by atoms with Crippen molar-refractivity contribution in [3.8, 4) is 0 Å². The second-order valence-electron chi connectivity index (χ2n) is 6.92. The van der Waals surface area contributed by atoms with Gasteiger partial charge in [0.25, 0.3) is 0 Å².